The molecule has 1 aliphatic carbocycles. The number of fused-ring (bicyclic) bond motifs is 1. The highest BCUT2D eigenvalue weighted by molar-refractivity contribution is 5.77. The second-order valence-corrected chi connectivity index (χ2v) is 4.96. The Labute approximate surface area is 106 Å². The highest BCUT2D eigenvalue weighted by Gasteiger charge is 2.30. The van der Waals surface area contributed by atoms with E-state index in [1.807, 2.05) is 6.07 Å². The molecule has 0 aliphatic heterocycles. The maximum absolute atomic E-state index is 13.8. The Morgan fingerprint density at radius 2 is 2.28 bits per heavy atom. The third-order valence-corrected chi connectivity index (χ3v) is 3.51. The molecule has 3 nitrogen and oxygen atoms in total. The molecule has 3 rings (SSSR count). The maximum Gasteiger partial charge on any atom is 0.151 e. The highest BCUT2D eigenvalue weighted by Crippen LogP contribution is 2.40. The second kappa shape index (κ2) is 4.35. The summed E-state index contributed by atoms with van der Waals surface area (Å²) in [5.74, 6) is 0.733. The van der Waals surface area contributed by atoms with Crippen molar-refractivity contribution in [2.75, 3.05) is 6.54 Å². The van der Waals surface area contributed by atoms with Gasteiger partial charge in [-0.3, -0.25) is 0 Å². The maximum atomic E-state index is 13.8. The number of aromatic nitrogens is 2. The number of rotatable bonds is 4. The molecule has 18 heavy (non-hydrogen) atoms. The predicted molar refractivity (Wildman–Crippen MR) is 70.1 cm³/mol. The van der Waals surface area contributed by atoms with Crippen LogP contribution in [0.2, 0.25) is 0 Å². The number of para-hydroxylation sites is 1. The van der Waals surface area contributed by atoms with Gasteiger partial charge in [-0.05, 0) is 38.4 Å². The van der Waals surface area contributed by atoms with Crippen molar-refractivity contribution in [1.29, 1.82) is 0 Å². The zero-order valence-corrected chi connectivity index (χ0v) is 10.8. The first kappa shape index (κ1) is 11.7. The Bertz CT molecular complexity index is 572. The fourth-order valence-corrected chi connectivity index (χ4v) is 2.52. The molecular formula is C14H18FN3. The van der Waals surface area contributed by atoms with E-state index < -0.39 is 0 Å². The minimum atomic E-state index is -0.225. The van der Waals surface area contributed by atoms with Crippen molar-refractivity contribution in [3.63, 3.8) is 0 Å². The molecule has 1 aliphatic rings. The number of nitrogens with one attached hydrogen (secondary N) is 1. The molecule has 0 spiro atoms. The van der Waals surface area contributed by atoms with E-state index in [1.165, 1.54) is 18.9 Å². The van der Waals surface area contributed by atoms with E-state index in [2.05, 4.69) is 28.7 Å². The summed E-state index contributed by atoms with van der Waals surface area (Å²) >= 11 is 0. The van der Waals surface area contributed by atoms with Crippen LogP contribution in [0.25, 0.3) is 11.0 Å². The molecule has 0 radical (unpaired) electrons. The third-order valence-electron chi connectivity index (χ3n) is 3.51. The second-order valence-electron chi connectivity index (χ2n) is 4.96. The monoisotopic (exact) mass is 247 g/mol. The number of hydrogen-bond donors (Lipinski definition) is 1. The lowest BCUT2D eigenvalue weighted by atomic mass is 10.3. The van der Waals surface area contributed by atoms with Crippen LogP contribution in [0.4, 0.5) is 4.39 Å². The van der Waals surface area contributed by atoms with Gasteiger partial charge >= 0.3 is 0 Å². The zero-order valence-electron chi connectivity index (χ0n) is 10.8. The molecule has 1 aromatic carbocycles. The van der Waals surface area contributed by atoms with Crippen molar-refractivity contribution in [3.05, 3.63) is 29.8 Å². The van der Waals surface area contributed by atoms with E-state index in [-0.39, 0.29) is 11.9 Å². The lowest BCUT2D eigenvalue weighted by Crippen LogP contribution is -2.21. The Hall–Kier alpha value is -1.42. The highest BCUT2D eigenvalue weighted by atomic mass is 19.1. The van der Waals surface area contributed by atoms with Gasteiger partial charge in [0.1, 0.15) is 11.3 Å². The molecule has 96 valence electrons. The molecule has 0 saturated heterocycles. The van der Waals surface area contributed by atoms with Gasteiger partial charge in [-0.1, -0.05) is 13.0 Å². The first-order valence-electron chi connectivity index (χ1n) is 6.62. The summed E-state index contributed by atoms with van der Waals surface area (Å²) in [6.07, 6.45) is 2.35. The van der Waals surface area contributed by atoms with E-state index in [0.29, 0.717) is 11.6 Å². The van der Waals surface area contributed by atoms with E-state index in [0.717, 1.165) is 17.9 Å². The fraction of sp³-hybridized carbons (Fsp3) is 0.500. The molecule has 1 aromatic heterocycles. The molecular weight excluding hydrogens is 229 g/mol. The Morgan fingerprint density at radius 3 is 2.94 bits per heavy atom. The van der Waals surface area contributed by atoms with Crippen molar-refractivity contribution >= 4 is 11.0 Å². The SMILES string of the molecule is CCNC(C)c1nc2c(F)cccc2n1C1CC1. The number of benzene rings is 1. The van der Waals surface area contributed by atoms with Crippen LogP contribution in [-0.2, 0) is 0 Å². The summed E-state index contributed by atoms with van der Waals surface area (Å²) in [4.78, 5) is 4.52. The van der Waals surface area contributed by atoms with Gasteiger partial charge in [-0.15, -0.1) is 0 Å². The molecule has 1 heterocycles. The van der Waals surface area contributed by atoms with E-state index in [1.54, 1.807) is 6.07 Å². The Kier molecular flexibility index (Phi) is 2.82. The summed E-state index contributed by atoms with van der Waals surface area (Å²) in [7, 11) is 0. The zero-order chi connectivity index (χ0) is 12.7. The lowest BCUT2D eigenvalue weighted by molar-refractivity contribution is 0.534. The lowest BCUT2D eigenvalue weighted by Gasteiger charge is -2.14. The molecule has 0 amide bonds. The van der Waals surface area contributed by atoms with Crippen LogP contribution in [0.15, 0.2) is 18.2 Å². The average molecular weight is 247 g/mol. The quantitative estimate of drug-likeness (QED) is 0.899. The summed E-state index contributed by atoms with van der Waals surface area (Å²) < 4.78 is 16.0. The van der Waals surface area contributed by atoms with Crippen LogP contribution in [0.1, 0.15) is 44.6 Å². The van der Waals surface area contributed by atoms with Gasteiger partial charge < -0.3 is 9.88 Å². The fourth-order valence-electron chi connectivity index (χ4n) is 2.52. The molecule has 1 unspecified atom stereocenters. The summed E-state index contributed by atoms with van der Waals surface area (Å²) in [5.41, 5.74) is 1.43. The minimum absolute atomic E-state index is 0.155. The van der Waals surface area contributed by atoms with Gasteiger partial charge in [0.25, 0.3) is 0 Å². The number of halogens is 1. The van der Waals surface area contributed by atoms with Gasteiger partial charge in [-0.25, -0.2) is 9.37 Å². The first-order chi connectivity index (χ1) is 8.72. The normalized spacial score (nSPS) is 17.3. The smallest absolute Gasteiger partial charge is 0.151 e. The van der Waals surface area contributed by atoms with Gasteiger partial charge in [0.2, 0.25) is 0 Å². The van der Waals surface area contributed by atoms with E-state index in [4.69, 9.17) is 0 Å². The standard InChI is InChI=1S/C14H18FN3/c1-3-16-9(2)14-17-13-11(15)5-4-6-12(13)18(14)10-7-8-10/h4-6,9-10,16H,3,7-8H2,1-2H3. The van der Waals surface area contributed by atoms with Gasteiger partial charge in [-0.2, -0.15) is 0 Å². The molecule has 2 aromatic rings. The molecule has 1 fully saturated rings. The van der Waals surface area contributed by atoms with Crippen molar-refractivity contribution in [2.45, 2.75) is 38.8 Å². The average Bonchev–Trinajstić information content (AvgIpc) is 3.10. The number of imidazole rings is 1. The minimum Gasteiger partial charge on any atom is -0.323 e. The van der Waals surface area contributed by atoms with Crippen molar-refractivity contribution in [2.24, 2.45) is 0 Å². The summed E-state index contributed by atoms with van der Waals surface area (Å²) in [6, 6.07) is 5.87. The van der Waals surface area contributed by atoms with Crippen molar-refractivity contribution in [3.8, 4) is 0 Å². The van der Waals surface area contributed by atoms with E-state index in [9.17, 15) is 4.39 Å². The molecule has 1 saturated carbocycles. The topological polar surface area (TPSA) is 29.9 Å². The van der Waals surface area contributed by atoms with Crippen LogP contribution < -0.4 is 5.32 Å². The van der Waals surface area contributed by atoms with Gasteiger partial charge in [0.05, 0.1) is 11.6 Å². The Balaban J connectivity index is 2.17. The molecule has 0 bridgehead atoms. The molecule has 4 heteroatoms. The summed E-state index contributed by atoms with van der Waals surface area (Å²) in [5, 5.41) is 3.36. The van der Waals surface area contributed by atoms with Gasteiger partial charge in [0, 0.05) is 6.04 Å². The summed E-state index contributed by atoms with van der Waals surface area (Å²) in [6.45, 7) is 5.04. The van der Waals surface area contributed by atoms with Crippen LogP contribution in [0.5, 0.6) is 0 Å². The molecule has 1 atom stereocenters. The number of nitrogens with zero attached hydrogens (tertiary/aromatic N) is 2. The predicted octanol–water partition coefficient (Wildman–Crippen LogP) is 3.18. The van der Waals surface area contributed by atoms with E-state index >= 15 is 0 Å². The van der Waals surface area contributed by atoms with Crippen LogP contribution in [-0.4, -0.2) is 16.1 Å². The third kappa shape index (κ3) is 1.81. The van der Waals surface area contributed by atoms with Crippen molar-refractivity contribution < 1.29 is 4.39 Å². The molecule has 1 N–H and O–H groups in total. The van der Waals surface area contributed by atoms with Crippen LogP contribution >= 0.6 is 0 Å². The Morgan fingerprint density at radius 1 is 1.50 bits per heavy atom. The van der Waals surface area contributed by atoms with Gasteiger partial charge in [0.15, 0.2) is 5.82 Å². The van der Waals surface area contributed by atoms with Crippen LogP contribution in [0, 0.1) is 5.82 Å². The number of hydrogen-bond acceptors (Lipinski definition) is 2. The van der Waals surface area contributed by atoms with Crippen molar-refractivity contribution in [1.82, 2.24) is 14.9 Å². The van der Waals surface area contributed by atoms with Crippen LogP contribution in [0.3, 0.4) is 0 Å². The largest absolute Gasteiger partial charge is 0.323 e. The first-order valence-corrected chi connectivity index (χ1v) is 6.62.